The monoisotopic (exact) mass is 398 g/mol. The van der Waals surface area contributed by atoms with E-state index in [1.165, 1.54) is 10.4 Å². The summed E-state index contributed by atoms with van der Waals surface area (Å²) in [5.41, 5.74) is 2.26. The van der Waals surface area contributed by atoms with E-state index in [2.05, 4.69) is 11.4 Å². The van der Waals surface area contributed by atoms with E-state index in [1.54, 1.807) is 23.2 Å². The molecule has 2 aromatic rings. The van der Waals surface area contributed by atoms with Gasteiger partial charge in [-0.2, -0.15) is 0 Å². The van der Waals surface area contributed by atoms with Crippen molar-refractivity contribution in [3.05, 3.63) is 51.7 Å². The van der Waals surface area contributed by atoms with Gasteiger partial charge in [0, 0.05) is 24.4 Å². The summed E-state index contributed by atoms with van der Waals surface area (Å²) in [4.78, 5) is 30.1. The third-order valence-corrected chi connectivity index (χ3v) is 6.60. The fourth-order valence-electron chi connectivity index (χ4n) is 3.88. The molecule has 1 aromatic carbocycles. The third-order valence-electron chi connectivity index (χ3n) is 5.60. The van der Waals surface area contributed by atoms with Crippen molar-refractivity contribution < 1.29 is 14.3 Å². The lowest BCUT2D eigenvalue weighted by Gasteiger charge is -2.37. The number of benzene rings is 1. The van der Waals surface area contributed by atoms with Crippen LogP contribution in [0, 0.1) is 6.92 Å². The molecule has 2 amide bonds. The van der Waals surface area contributed by atoms with Crippen LogP contribution < -0.4 is 4.74 Å². The maximum absolute atomic E-state index is 13.1. The molecule has 2 heterocycles. The molecule has 1 saturated carbocycles. The summed E-state index contributed by atoms with van der Waals surface area (Å²) in [6, 6.07) is 10.2. The smallest absolute Gasteiger partial charge is 0.242 e. The summed E-state index contributed by atoms with van der Waals surface area (Å²) < 4.78 is 6.13. The van der Waals surface area contributed by atoms with Crippen LogP contribution in [0.5, 0.6) is 5.75 Å². The summed E-state index contributed by atoms with van der Waals surface area (Å²) in [5.74, 6) is 0.842. The minimum atomic E-state index is -0.116. The van der Waals surface area contributed by atoms with Crippen LogP contribution in [0.25, 0.3) is 0 Å². The van der Waals surface area contributed by atoms with Crippen LogP contribution in [0.2, 0.25) is 0 Å². The first kappa shape index (κ1) is 19.0. The van der Waals surface area contributed by atoms with Crippen LogP contribution in [0.1, 0.15) is 41.8 Å². The first-order chi connectivity index (χ1) is 13.5. The number of amides is 2. The molecule has 2 aliphatic rings. The Hall–Kier alpha value is -2.34. The van der Waals surface area contributed by atoms with Crippen molar-refractivity contribution in [1.82, 2.24) is 9.80 Å². The molecule has 1 aliphatic carbocycles. The van der Waals surface area contributed by atoms with Crippen molar-refractivity contribution in [3.63, 3.8) is 0 Å². The Kier molecular flexibility index (Phi) is 5.40. The summed E-state index contributed by atoms with van der Waals surface area (Å²) in [6.07, 6.45) is 2.87. The highest BCUT2D eigenvalue weighted by molar-refractivity contribution is 7.10. The number of hydrogen-bond acceptors (Lipinski definition) is 4. The minimum absolute atomic E-state index is 0.0114. The van der Waals surface area contributed by atoms with Gasteiger partial charge in [0.05, 0.1) is 6.04 Å². The van der Waals surface area contributed by atoms with Crippen molar-refractivity contribution >= 4 is 23.2 Å². The first-order valence-corrected chi connectivity index (χ1v) is 10.7. The summed E-state index contributed by atoms with van der Waals surface area (Å²) in [5, 5.41) is 2.09. The number of para-hydroxylation sites is 1. The van der Waals surface area contributed by atoms with Crippen molar-refractivity contribution in [2.45, 2.75) is 45.2 Å². The largest absolute Gasteiger partial charge is 0.491 e. The molecular weight excluding hydrogens is 372 g/mol. The molecule has 0 saturated heterocycles. The van der Waals surface area contributed by atoms with Gasteiger partial charge in [-0.1, -0.05) is 18.2 Å². The second-order valence-electron chi connectivity index (χ2n) is 7.61. The lowest BCUT2D eigenvalue weighted by molar-refractivity contribution is -0.142. The van der Waals surface area contributed by atoms with E-state index in [9.17, 15) is 9.59 Å². The van der Waals surface area contributed by atoms with Gasteiger partial charge in [0.25, 0.3) is 0 Å². The molecule has 0 N–H and O–H groups in total. The van der Waals surface area contributed by atoms with E-state index >= 15 is 0 Å². The Bertz CT molecular complexity index is 874. The van der Waals surface area contributed by atoms with Gasteiger partial charge in [-0.25, -0.2) is 0 Å². The molecule has 0 radical (unpaired) electrons. The molecule has 1 fully saturated rings. The molecule has 1 atom stereocenters. The molecule has 4 rings (SSSR count). The van der Waals surface area contributed by atoms with Gasteiger partial charge in [-0.05, 0) is 54.8 Å². The lowest BCUT2D eigenvalue weighted by atomic mass is 10.0. The number of ether oxygens (including phenoxy) is 1. The normalized spacial score (nSPS) is 18.5. The van der Waals surface area contributed by atoms with Crippen molar-refractivity contribution in [2.24, 2.45) is 0 Å². The van der Waals surface area contributed by atoms with Crippen LogP contribution in [-0.2, 0) is 16.0 Å². The standard InChI is InChI=1S/C22H26N2O3S/c1-15-5-3-4-6-20(15)27-14-19-18-10-12-28-21(18)9-11-23(19)22(26)13-24(16(2)25)17-7-8-17/h3-6,10,12,17,19H,7-9,11,13-14H2,1-2H3. The van der Waals surface area contributed by atoms with Gasteiger partial charge in [-0.3, -0.25) is 9.59 Å². The molecule has 0 spiro atoms. The number of fused-ring (bicyclic) bond motifs is 1. The van der Waals surface area contributed by atoms with E-state index in [0.29, 0.717) is 13.2 Å². The number of hydrogen-bond donors (Lipinski definition) is 0. The zero-order chi connectivity index (χ0) is 19.7. The predicted octanol–water partition coefficient (Wildman–Crippen LogP) is 3.57. The first-order valence-electron chi connectivity index (χ1n) is 9.86. The second kappa shape index (κ2) is 7.95. The topological polar surface area (TPSA) is 49.9 Å². The minimum Gasteiger partial charge on any atom is -0.491 e. The van der Waals surface area contributed by atoms with Gasteiger partial charge >= 0.3 is 0 Å². The molecule has 1 aliphatic heterocycles. The molecule has 28 heavy (non-hydrogen) atoms. The van der Waals surface area contributed by atoms with Crippen molar-refractivity contribution in [3.8, 4) is 5.75 Å². The zero-order valence-corrected chi connectivity index (χ0v) is 17.2. The summed E-state index contributed by atoms with van der Waals surface area (Å²) >= 11 is 1.74. The zero-order valence-electron chi connectivity index (χ0n) is 16.4. The van der Waals surface area contributed by atoms with E-state index in [4.69, 9.17) is 4.74 Å². The quantitative estimate of drug-likeness (QED) is 0.747. The summed E-state index contributed by atoms with van der Waals surface area (Å²) in [7, 11) is 0. The Labute approximate surface area is 169 Å². The van der Waals surface area contributed by atoms with E-state index < -0.39 is 0 Å². The van der Waals surface area contributed by atoms with Crippen LogP contribution in [-0.4, -0.2) is 47.4 Å². The average molecular weight is 399 g/mol. The number of nitrogens with zero attached hydrogens (tertiary/aromatic N) is 2. The van der Waals surface area contributed by atoms with Gasteiger partial charge in [0.15, 0.2) is 0 Å². The Morgan fingerprint density at radius 1 is 1.25 bits per heavy atom. The van der Waals surface area contributed by atoms with Crippen LogP contribution in [0.3, 0.4) is 0 Å². The van der Waals surface area contributed by atoms with Gasteiger partial charge in [0.2, 0.25) is 11.8 Å². The lowest BCUT2D eigenvalue weighted by Crippen LogP contribution is -2.48. The fourth-order valence-corrected chi connectivity index (χ4v) is 4.81. The highest BCUT2D eigenvalue weighted by atomic mass is 32.1. The number of carbonyl (C=O) groups excluding carboxylic acids is 2. The summed E-state index contributed by atoms with van der Waals surface area (Å²) in [6.45, 7) is 4.84. The van der Waals surface area contributed by atoms with Crippen molar-refractivity contribution in [2.75, 3.05) is 19.7 Å². The maximum Gasteiger partial charge on any atom is 0.242 e. The SMILES string of the molecule is CC(=O)N(CC(=O)N1CCc2sccc2C1COc1ccccc1C)C1CC1. The molecule has 6 heteroatoms. The number of rotatable bonds is 6. The van der Waals surface area contributed by atoms with Gasteiger partial charge in [-0.15, -0.1) is 11.3 Å². The highest BCUT2D eigenvalue weighted by Crippen LogP contribution is 2.35. The predicted molar refractivity (Wildman–Crippen MR) is 110 cm³/mol. The molecule has 1 unspecified atom stereocenters. The Balaban J connectivity index is 1.52. The van der Waals surface area contributed by atoms with E-state index in [1.807, 2.05) is 36.1 Å². The average Bonchev–Trinajstić information content (AvgIpc) is 3.40. The number of carbonyl (C=O) groups is 2. The van der Waals surface area contributed by atoms with Crippen LogP contribution >= 0.6 is 11.3 Å². The molecule has 1 aromatic heterocycles. The molecule has 148 valence electrons. The maximum atomic E-state index is 13.1. The van der Waals surface area contributed by atoms with Crippen LogP contribution in [0.4, 0.5) is 0 Å². The Morgan fingerprint density at radius 3 is 2.75 bits per heavy atom. The molecular formula is C22H26N2O3S. The highest BCUT2D eigenvalue weighted by Gasteiger charge is 2.36. The molecule has 5 nitrogen and oxygen atoms in total. The van der Waals surface area contributed by atoms with Crippen molar-refractivity contribution in [1.29, 1.82) is 0 Å². The van der Waals surface area contributed by atoms with Gasteiger partial charge in [0.1, 0.15) is 18.9 Å². The molecule has 0 bridgehead atoms. The third kappa shape index (κ3) is 3.92. The Morgan fingerprint density at radius 2 is 2.04 bits per heavy atom. The number of aryl methyl sites for hydroxylation is 1. The van der Waals surface area contributed by atoms with E-state index in [-0.39, 0.29) is 30.4 Å². The second-order valence-corrected chi connectivity index (χ2v) is 8.61. The van der Waals surface area contributed by atoms with Crippen LogP contribution in [0.15, 0.2) is 35.7 Å². The van der Waals surface area contributed by atoms with E-state index in [0.717, 1.165) is 30.6 Å². The number of thiophene rings is 1. The van der Waals surface area contributed by atoms with Gasteiger partial charge < -0.3 is 14.5 Å². The fraction of sp³-hybridized carbons (Fsp3) is 0.455.